The van der Waals surface area contributed by atoms with Crippen LogP contribution in [-0.2, 0) is 4.79 Å². The molecular weight excluding hydrogens is 242 g/mol. The van der Waals surface area contributed by atoms with Gasteiger partial charge in [0.1, 0.15) is 0 Å². The topological polar surface area (TPSA) is 61.4 Å². The smallest absolute Gasteiger partial charge is 0.233 e. The van der Waals surface area contributed by atoms with Crippen molar-refractivity contribution < 1.29 is 4.79 Å². The highest BCUT2D eigenvalue weighted by atomic mass is 16.1. The predicted molar refractivity (Wildman–Crippen MR) is 74.2 cm³/mol. The zero-order valence-corrected chi connectivity index (χ0v) is 11.8. The molecule has 1 saturated heterocycles. The van der Waals surface area contributed by atoms with Gasteiger partial charge >= 0.3 is 0 Å². The molecule has 2 rings (SSSR count). The van der Waals surface area contributed by atoms with E-state index in [9.17, 15) is 4.79 Å². The summed E-state index contributed by atoms with van der Waals surface area (Å²) in [7, 11) is 1.67. The largest absolute Gasteiger partial charge is 0.358 e. The molecular formula is C13H21N5O. The van der Waals surface area contributed by atoms with Gasteiger partial charge in [-0.25, -0.2) is 9.97 Å². The molecule has 6 nitrogen and oxygen atoms in total. The van der Waals surface area contributed by atoms with Crippen LogP contribution in [0.5, 0.6) is 0 Å². The normalized spacial score (nSPS) is 16.5. The second kappa shape index (κ2) is 5.97. The van der Waals surface area contributed by atoms with E-state index in [1.807, 2.05) is 19.9 Å². The zero-order valence-electron chi connectivity index (χ0n) is 11.8. The average molecular weight is 263 g/mol. The molecule has 2 heterocycles. The average Bonchev–Trinajstić information content (AvgIpc) is 2.38. The second-order valence-electron chi connectivity index (χ2n) is 4.89. The molecule has 0 aliphatic carbocycles. The number of carbonyl (C=O) groups excluding carboxylic acids is 1. The van der Waals surface area contributed by atoms with Crippen LogP contribution in [0.2, 0.25) is 0 Å². The van der Waals surface area contributed by atoms with Crippen LogP contribution in [0.4, 0.5) is 5.95 Å². The Morgan fingerprint density at radius 2 is 1.79 bits per heavy atom. The number of rotatable bonds is 3. The second-order valence-corrected chi connectivity index (χ2v) is 4.89. The van der Waals surface area contributed by atoms with Crippen LogP contribution in [0.3, 0.4) is 0 Å². The van der Waals surface area contributed by atoms with Gasteiger partial charge in [-0.3, -0.25) is 9.69 Å². The molecule has 1 aromatic rings. The number of carbonyl (C=O) groups is 1. The fourth-order valence-electron chi connectivity index (χ4n) is 2.24. The molecule has 0 atom stereocenters. The van der Waals surface area contributed by atoms with Gasteiger partial charge in [0, 0.05) is 44.6 Å². The number of anilines is 1. The SMILES string of the molecule is CNC(=O)CN1CCN(c2nc(C)cc(C)n2)CC1. The molecule has 0 radical (unpaired) electrons. The Morgan fingerprint density at radius 3 is 2.32 bits per heavy atom. The van der Waals surface area contributed by atoms with Crippen LogP contribution >= 0.6 is 0 Å². The van der Waals surface area contributed by atoms with Gasteiger partial charge in [-0.05, 0) is 19.9 Å². The van der Waals surface area contributed by atoms with Gasteiger partial charge in [0.2, 0.25) is 11.9 Å². The van der Waals surface area contributed by atoms with E-state index in [1.54, 1.807) is 7.05 Å². The molecule has 6 heteroatoms. The maximum Gasteiger partial charge on any atom is 0.233 e. The summed E-state index contributed by atoms with van der Waals surface area (Å²) in [5.41, 5.74) is 1.99. The van der Waals surface area contributed by atoms with Crippen molar-refractivity contribution in [2.75, 3.05) is 44.7 Å². The summed E-state index contributed by atoms with van der Waals surface area (Å²) in [5.74, 6) is 0.869. The van der Waals surface area contributed by atoms with Gasteiger partial charge in [-0.15, -0.1) is 0 Å². The molecule has 0 bridgehead atoms. The Labute approximate surface area is 113 Å². The molecule has 0 spiro atoms. The van der Waals surface area contributed by atoms with Gasteiger partial charge in [-0.2, -0.15) is 0 Å². The molecule has 1 aromatic heterocycles. The minimum Gasteiger partial charge on any atom is -0.358 e. The van der Waals surface area contributed by atoms with Gasteiger partial charge < -0.3 is 10.2 Å². The third-order valence-corrected chi connectivity index (χ3v) is 3.27. The quantitative estimate of drug-likeness (QED) is 0.829. The standard InChI is InChI=1S/C13H21N5O/c1-10-8-11(2)16-13(15-10)18-6-4-17(5-7-18)9-12(19)14-3/h8H,4-7,9H2,1-3H3,(H,14,19). The highest BCUT2D eigenvalue weighted by molar-refractivity contribution is 5.77. The lowest BCUT2D eigenvalue weighted by molar-refractivity contribution is -0.121. The van der Waals surface area contributed by atoms with Crippen LogP contribution in [-0.4, -0.2) is 60.5 Å². The number of piperazine rings is 1. The predicted octanol–water partition coefficient (Wildman–Crippen LogP) is -0.0386. The summed E-state index contributed by atoms with van der Waals surface area (Å²) < 4.78 is 0. The molecule has 1 N–H and O–H groups in total. The van der Waals surface area contributed by atoms with Crippen molar-refractivity contribution >= 4 is 11.9 Å². The number of aryl methyl sites for hydroxylation is 2. The lowest BCUT2D eigenvalue weighted by Gasteiger charge is -2.34. The van der Waals surface area contributed by atoms with Gasteiger partial charge in [0.25, 0.3) is 0 Å². The summed E-state index contributed by atoms with van der Waals surface area (Å²) in [6.45, 7) is 7.89. The maximum absolute atomic E-state index is 11.3. The first kappa shape index (κ1) is 13.7. The first-order valence-electron chi connectivity index (χ1n) is 6.58. The minimum atomic E-state index is 0.0658. The van der Waals surface area contributed by atoms with E-state index >= 15 is 0 Å². The summed E-state index contributed by atoms with van der Waals surface area (Å²) in [6, 6.07) is 1.98. The van der Waals surface area contributed by atoms with Crippen LogP contribution in [0.1, 0.15) is 11.4 Å². The third-order valence-electron chi connectivity index (χ3n) is 3.27. The van der Waals surface area contributed by atoms with E-state index in [-0.39, 0.29) is 5.91 Å². The summed E-state index contributed by atoms with van der Waals surface area (Å²) in [5, 5.41) is 2.65. The minimum absolute atomic E-state index is 0.0658. The van der Waals surface area contributed by atoms with E-state index in [2.05, 4.69) is 25.1 Å². The number of likely N-dealkylation sites (N-methyl/N-ethyl adjacent to an activating group) is 1. The molecule has 0 unspecified atom stereocenters. The Bertz CT molecular complexity index is 434. The van der Waals surface area contributed by atoms with Crippen LogP contribution in [0.15, 0.2) is 6.07 Å². The monoisotopic (exact) mass is 263 g/mol. The van der Waals surface area contributed by atoms with Crippen molar-refractivity contribution in [1.82, 2.24) is 20.2 Å². The number of nitrogens with one attached hydrogen (secondary N) is 1. The van der Waals surface area contributed by atoms with E-state index < -0.39 is 0 Å². The molecule has 1 amide bonds. The number of nitrogens with zero attached hydrogens (tertiary/aromatic N) is 4. The first-order valence-corrected chi connectivity index (χ1v) is 6.58. The highest BCUT2D eigenvalue weighted by Gasteiger charge is 2.20. The maximum atomic E-state index is 11.3. The Balaban J connectivity index is 1.94. The number of hydrogen-bond donors (Lipinski definition) is 1. The van der Waals surface area contributed by atoms with E-state index in [0.717, 1.165) is 43.5 Å². The summed E-state index contributed by atoms with van der Waals surface area (Å²) in [4.78, 5) is 24.6. The first-order chi connectivity index (χ1) is 9.08. The molecule has 0 saturated carbocycles. The van der Waals surface area contributed by atoms with Gasteiger partial charge in [0.05, 0.1) is 6.54 Å². The lowest BCUT2D eigenvalue weighted by Crippen LogP contribution is -2.49. The van der Waals surface area contributed by atoms with Crippen molar-refractivity contribution in [1.29, 1.82) is 0 Å². The number of hydrogen-bond acceptors (Lipinski definition) is 5. The summed E-state index contributed by atoms with van der Waals surface area (Å²) >= 11 is 0. The van der Waals surface area contributed by atoms with E-state index in [0.29, 0.717) is 6.54 Å². The number of amides is 1. The van der Waals surface area contributed by atoms with Gasteiger partial charge in [-0.1, -0.05) is 0 Å². The van der Waals surface area contributed by atoms with Crippen molar-refractivity contribution in [3.8, 4) is 0 Å². The number of aromatic nitrogens is 2. The van der Waals surface area contributed by atoms with Crippen molar-refractivity contribution in [3.63, 3.8) is 0 Å². The molecule has 1 fully saturated rings. The van der Waals surface area contributed by atoms with Crippen molar-refractivity contribution in [2.24, 2.45) is 0 Å². The Morgan fingerprint density at radius 1 is 1.21 bits per heavy atom. The Hall–Kier alpha value is -1.69. The van der Waals surface area contributed by atoms with E-state index in [4.69, 9.17) is 0 Å². The lowest BCUT2D eigenvalue weighted by atomic mass is 10.3. The van der Waals surface area contributed by atoms with Crippen LogP contribution in [0, 0.1) is 13.8 Å². The van der Waals surface area contributed by atoms with Crippen molar-refractivity contribution in [2.45, 2.75) is 13.8 Å². The zero-order chi connectivity index (χ0) is 13.8. The van der Waals surface area contributed by atoms with Crippen LogP contribution < -0.4 is 10.2 Å². The molecule has 104 valence electrons. The fourth-order valence-corrected chi connectivity index (χ4v) is 2.24. The molecule has 19 heavy (non-hydrogen) atoms. The van der Waals surface area contributed by atoms with E-state index in [1.165, 1.54) is 0 Å². The molecule has 1 aliphatic rings. The fraction of sp³-hybridized carbons (Fsp3) is 0.615. The van der Waals surface area contributed by atoms with Gasteiger partial charge in [0.15, 0.2) is 0 Å². The molecule has 1 aliphatic heterocycles. The Kier molecular flexibility index (Phi) is 4.31. The summed E-state index contributed by atoms with van der Waals surface area (Å²) in [6.07, 6.45) is 0. The van der Waals surface area contributed by atoms with Crippen molar-refractivity contribution in [3.05, 3.63) is 17.5 Å². The highest BCUT2D eigenvalue weighted by Crippen LogP contribution is 2.12. The molecule has 0 aromatic carbocycles. The van der Waals surface area contributed by atoms with Crippen LogP contribution in [0.25, 0.3) is 0 Å². The third kappa shape index (κ3) is 3.64.